The number of nitrogens with one attached hydrogen (secondary N) is 1. The topological polar surface area (TPSA) is 75.6 Å². The first-order valence-electron chi connectivity index (χ1n) is 6.37. The van der Waals surface area contributed by atoms with Crippen molar-refractivity contribution < 1.29 is 19.4 Å². The molecule has 6 heteroatoms. The van der Waals surface area contributed by atoms with Crippen molar-refractivity contribution in [1.82, 2.24) is 5.32 Å². The maximum absolute atomic E-state index is 11.8. The molecule has 1 amide bonds. The third-order valence-electron chi connectivity index (χ3n) is 2.61. The van der Waals surface area contributed by atoms with Gasteiger partial charge in [-0.15, -0.1) is 0 Å². The molecule has 0 aliphatic carbocycles. The third-order valence-corrected chi connectivity index (χ3v) is 3.43. The van der Waals surface area contributed by atoms with E-state index in [1.807, 2.05) is 0 Å². The maximum Gasteiger partial charge on any atom is 0.307 e. The molecule has 0 aromatic heterocycles. The number of ether oxygens (including phenoxy) is 1. The zero-order valence-corrected chi connectivity index (χ0v) is 12.9. The SMILES string of the molecule is CCOC(=O)CCNC(=O)c1ccc(C(Br)CO)cc1. The molecule has 1 unspecified atom stereocenters. The lowest BCUT2D eigenvalue weighted by atomic mass is 10.1. The van der Waals surface area contributed by atoms with Crippen LogP contribution in [-0.4, -0.2) is 36.7 Å². The molecule has 20 heavy (non-hydrogen) atoms. The summed E-state index contributed by atoms with van der Waals surface area (Å²) in [7, 11) is 0. The van der Waals surface area contributed by atoms with Crippen LogP contribution in [0.15, 0.2) is 24.3 Å². The van der Waals surface area contributed by atoms with Crippen LogP contribution in [-0.2, 0) is 9.53 Å². The van der Waals surface area contributed by atoms with Crippen molar-refractivity contribution >= 4 is 27.8 Å². The van der Waals surface area contributed by atoms with Gasteiger partial charge in [0, 0.05) is 12.1 Å². The van der Waals surface area contributed by atoms with E-state index in [4.69, 9.17) is 9.84 Å². The predicted molar refractivity (Wildman–Crippen MR) is 78.8 cm³/mol. The van der Waals surface area contributed by atoms with Gasteiger partial charge in [0.1, 0.15) is 0 Å². The van der Waals surface area contributed by atoms with Crippen molar-refractivity contribution in [3.63, 3.8) is 0 Å². The number of esters is 1. The van der Waals surface area contributed by atoms with Crippen LogP contribution >= 0.6 is 15.9 Å². The summed E-state index contributed by atoms with van der Waals surface area (Å²) in [4.78, 5) is 22.8. The lowest BCUT2D eigenvalue weighted by molar-refractivity contribution is -0.142. The van der Waals surface area contributed by atoms with Crippen molar-refractivity contribution in [2.24, 2.45) is 0 Å². The van der Waals surface area contributed by atoms with Gasteiger partial charge in [-0.3, -0.25) is 9.59 Å². The van der Waals surface area contributed by atoms with Crippen LogP contribution < -0.4 is 5.32 Å². The number of benzene rings is 1. The predicted octanol–water partition coefficient (Wildman–Crippen LogP) is 1.80. The van der Waals surface area contributed by atoms with Crippen LogP contribution in [0.2, 0.25) is 0 Å². The smallest absolute Gasteiger partial charge is 0.307 e. The Hall–Kier alpha value is -1.40. The average Bonchev–Trinajstić information content (AvgIpc) is 2.46. The van der Waals surface area contributed by atoms with Crippen molar-refractivity contribution in [1.29, 1.82) is 0 Å². The standard InChI is InChI=1S/C14H18BrNO4/c1-2-20-13(18)7-8-16-14(19)11-5-3-10(4-6-11)12(15)9-17/h3-6,12,17H,2,7-9H2,1H3,(H,16,19). The second-order valence-corrected chi connectivity index (χ2v) is 5.19. The van der Waals surface area contributed by atoms with E-state index in [2.05, 4.69) is 21.2 Å². The van der Waals surface area contributed by atoms with E-state index in [9.17, 15) is 9.59 Å². The minimum Gasteiger partial charge on any atom is -0.466 e. The Morgan fingerprint density at radius 2 is 2.00 bits per heavy atom. The second-order valence-electron chi connectivity index (χ2n) is 4.08. The number of alkyl halides is 1. The van der Waals surface area contributed by atoms with Gasteiger partial charge in [-0.25, -0.2) is 0 Å². The fourth-order valence-electron chi connectivity index (χ4n) is 1.56. The zero-order valence-electron chi connectivity index (χ0n) is 11.3. The third kappa shape index (κ3) is 5.30. The molecule has 0 fully saturated rings. The largest absolute Gasteiger partial charge is 0.466 e. The van der Waals surface area contributed by atoms with Crippen LogP contribution in [0.4, 0.5) is 0 Å². The van der Waals surface area contributed by atoms with Crippen LogP contribution in [0, 0.1) is 0 Å². The number of aliphatic hydroxyl groups is 1. The summed E-state index contributed by atoms with van der Waals surface area (Å²) < 4.78 is 4.76. The van der Waals surface area contributed by atoms with E-state index < -0.39 is 0 Å². The Bertz CT molecular complexity index is 447. The van der Waals surface area contributed by atoms with Crippen molar-refractivity contribution in [2.45, 2.75) is 18.2 Å². The first-order valence-corrected chi connectivity index (χ1v) is 7.28. The first kappa shape index (κ1) is 16.7. The molecular weight excluding hydrogens is 326 g/mol. The van der Waals surface area contributed by atoms with Gasteiger partial charge in [-0.2, -0.15) is 0 Å². The maximum atomic E-state index is 11.8. The molecule has 1 atom stereocenters. The molecule has 1 rings (SSSR count). The number of amides is 1. The molecule has 0 heterocycles. The van der Waals surface area contributed by atoms with Gasteiger partial charge in [0.05, 0.1) is 24.5 Å². The summed E-state index contributed by atoms with van der Waals surface area (Å²) in [6.07, 6.45) is 0.158. The van der Waals surface area contributed by atoms with E-state index in [0.717, 1.165) is 5.56 Å². The summed E-state index contributed by atoms with van der Waals surface area (Å²) in [5.41, 5.74) is 1.41. The van der Waals surface area contributed by atoms with Gasteiger partial charge in [-0.05, 0) is 24.6 Å². The summed E-state index contributed by atoms with van der Waals surface area (Å²) in [5.74, 6) is -0.566. The van der Waals surface area contributed by atoms with Crippen LogP contribution in [0.5, 0.6) is 0 Å². The van der Waals surface area contributed by atoms with E-state index in [1.165, 1.54) is 0 Å². The molecule has 0 saturated heterocycles. The molecule has 0 bridgehead atoms. The first-order chi connectivity index (χ1) is 9.58. The van der Waals surface area contributed by atoms with E-state index in [0.29, 0.717) is 12.2 Å². The Kier molecular flexibility index (Phi) is 7.25. The molecule has 1 aromatic carbocycles. The zero-order chi connectivity index (χ0) is 15.0. The minimum atomic E-state index is -0.326. The molecule has 0 radical (unpaired) electrons. The van der Waals surface area contributed by atoms with E-state index in [1.54, 1.807) is 31.2 Å². The molecule has 0 saturated carbocycles. The number of hydrogen-bond acceptors (Lipinski definition) is 4. The lowest BCUT2D eigenvalue weighted by Gasteiger charge is -2.08. The van der Waals surface area contributed by atoms with Crippen molar-refractivity contribution in [2.75, 3.05) is 19.8 Å². The summed E-state index contributed by atoms with van der Waals surface area (Å²) >= 11 is 3.32. The second kappa shape index (κ2) is 8.71. The molecule has 0 aliphatic rings. The average molecular weight is 344 g/mol. The molecular formula is C14H18BrNO4. The lowest BCUT2D eigenvalue weighted by Crippen LogP contribution is -2.26. The minimum absolute atomic E-state index is 0.00885. The number of carbonyl (C=O) groups is 2. The van der Waals surface area contributed by atoms with Gasteiger partial charge < -0.3 is 15.2 Å². The Morgan fingerprint density at radius 1 is 1.35 bits per heavy atom. The van der Waals surface area contributed by atoms with Crippen molar-refractivity contribution in [3.05, 3.63) is 35.4 Å². The Morgan fingerprint density at radius 3 is 2.55 bits per heavy atom. The van der Waals surface area contributed by atoms with Gasteiger partial charge in [-0.1, -0.05) is 28.1 Å². The number of halogens is 1. The molecule has 2 N–H and O–H groups in total. The van der Waals surface area contributed by atoms with E-state index in [-0.39, 0.29) is 36.3 Å². The Balaban J connectivity index is 2.45. The quantitative estimate of drug-likeness (QED) is 0.584. The highest BCUT2D eigenvalue weighted by Crippen LogP contribution is 2.21. The molecule has 5 nitrogen and oxygen atoms in total. The fraction of sp³-hybridized carbons (Fsp3) is 0.429. The molecule has 0 aliphatic heterocycles. The van der Waals surface area contributed by atoms with Gasteiger partial charge in [0.15, 0.2) is 0 Å². The van der Waals surface area contributed by atoms with Gasteiger partial charge >= 0.3 is 5.97 Å². The van der Waals surface area contributed by atoms with Gasteiger partial charge in [0.2, 0.25) is 0 Å². The normalized spacial score (nSPS) is 11.8. The van der Waals surface area contributed by atoms with Crippen LogP contribution in [0.3, 0.4) is 0 Å². The molecule has 0 spiro atoms. The monoisotopic (exact) mass is 343 g/mol. The highest BCUT2D eigenvalue weighted by molar-refractivity contribution is 9.09. The van der Waals surface area contributed by atoms with Crippen molar-refractivity contribution in [3.8, 4) is 0 Å². The molecule has 1 aromatic rings. The number of aliphatic hydroxyl groups excluding tert-OH is 1. The molecule has 110 valence electrons. The highest BCUT2D eigenvalue weighted by Gasteiger charge is 2.09. The van der Waals surface area contributed by atoms with Crippen LogP contribution in [0.25, 0.3) is 0 Å². The number of hydrogen-bond donors (Lipinski definition) is 2. The summed E-state index contributed by atoms with van der Waals surface area (Å²) in [5, 5.41) is 11.7. The highest BCUT2D eigenvalue weighted by atomic mass is 79.9. The Labute approximate surface area is 126 Å². The van der Waals surface area contributed by atoms with Crippen LogP contribution in [0.1, 0.15) is 34.1 Å². The summed E-state index contributed by atoms with van der Waals surface area (Å²) in [6, 6.07) is 6.91. The summed E-state index contributed by atoms with van der Waals surface area (Å²) in [6.45, 7) is 2.32. The fourth-order valence-corrected chi connectivity index (χ4v) is 1.87. The van der Waals surface area contributed by atoms with E-state index >= 15 is 0 Å². The number of rotatable bonds is 7. The number of carbonyl (C=O) groups excluding carboxylic acids is 2. The van der Waals surface area contributed by atoms with Gasteiger partial charge in [0.25, 0.3) is 5.91 Å².